The van der Waals surface area contributed by atoms with Gasteiger partial charge in [0.25, 0.3) is 10.0 Å². The van der Waals surface area contributed by atoms with E-state index in [1.165, 1.54) is 5.56 Å². The lowest BCUT2D eigenvalue weighted by Gasteiger charge is -2.26. The van der Waals surface area contributed by atoms with Gasteiger partial charge in [-0.15, -0.1) is 4.40 Å². The average molecular weight is 426 g/mol. The Balaban J connectivity index is 1.49. The van der Waals surface area contributed by atoms with Gasteiger partial charge in [0.2, 0.25) is 5.91 Å². The average Bonchev–Trinajstić information content (AvgIpc) is 3.51. The Kier molecular flexibility index (Phi) is 5.40. The SMILES string of the molecule is CC(C)c1ccc(CN(C(=O)CN(C)C2=NS(=O)(=O)c3ccccc32)C2CC2)cc1. The fourth-order valence-electron chi connectivity index (χ4n) is 3.74. The minimum absolute atomic E-state index is 0.0163. The predicted octanol–water partition coefficient (Wildman–Crippen LogP) is 3.38. The Bertz CT molecular complexity index is 1090. The summed E-state index contributed by atoms with van der Waals surface area (Å²) in [4.78, 5) is 16.9. The Hall–Kier alpha value is -2.67. The lowest BCUT2D eigenvalue weighted by atomic mass is 10.0. The highest BCUT2D eigenvalue weighted by molar-refractivity contribution is 7.90. The van der Waals surface area contributed by atoms with E-state index in [1.807, 2.05) is 4.90 Å². The first-order valence-corrected chi connectivity index (χ1v) is 11.7. The molecule has 1 aliphatic heterocycles. The molecular formula is C23H27N3O3S. The molecule has 0 atom stereocenters. The van der Waals surface area contributed by atoms with Crippen LogP contribution in [0.5, 0.6) is 0 Å². The van der Waals surface area contributed by atoms with Crippen molar-refractivity contribution in [2.75, 3.05) is 13.6 Å². The number of hydrogen-bond acceptors (Lipinski definition) is 4. The number of nitrogens with zero attached hydrogens (tertiary/aromatic N) is 3. The molecule has 0 N–H and O–H groups in total. The second kappa shape index (κ2) is 7.87. The van der Waals surface area contributed by atoms with Crippen molar-refractivity contribution in [1.29, 1.82) is 0 Å². The summed E-state index contributed by atoms with van der Waals surface area (Å²) in [7, 11) is -1.98. The number of fused-ring (bicyclic) bond motifs is 1. The van der Waals surface area contributed by atoms with Crippen molar-refractivity contribution in [2.24, 2.45) is 4.40 Å². The number of benzene rings is 2. The number of sulfonamides is 1. The lowest BCUT2D eigenvalue weighted by Crippen LogP contribution is -2.41. The Morgan fingerprint density at radius 1 is 1.10 bits per heavy atom. The van der Waals surface area contributed by atoms with E-state index < -0.39 is 10.0 Å². The highest BCUT2D eigenvalue weighted by Crippen LogP contribution is 2.30. The molecule has 1 saturated carbocycles. The molecule has 1 amide bonds. The highest BCUT2D eigenvalue weighted by atomic mass is 32.2. The van der Waals surface area contributed by atoms with Crippen molar-refractivity contribution >= 4 is 21.8 Å². The normalized spacial score (nSPS) is 16.9. The van der Waals surface area contributed by atoms with E-state index in [9.17, 15) is 13.2 Å². The minimum Gasteiger partial charge on any atom is -0.349 e. The summed E-state index contributed by atoms with van der Waals surface area (Å²) >= 11 is 0. The van der Waals surface area contributed by atoms with Gasteiger partial charge >= 0.3 is 0 Å². The number of rotatable bonds is 6. The molecule has 0 bridgehead atoms. The van der Waals surface area contributed by atoms with Crippen LogP contribution in [0.2, 0.25) is 0 Å². The third kappa shape index (κ3) is 4.12. The van der Waals surface area contributed by atoms with Gasteiger partial charge in [0, 0.05) is 25.2 Å². The number of amidine groups is 1. The van der Waals surface area contributed by atoms with Crippen molar-refractivity contribution in [2.45, 2.75) is 50.1 Å². The zero-order valence-electron chi connectivity index (χ0n) is 17.6. The summed E-state index contributed by atoms with van der Waals surface area (Å²) < 4.78 is 28.5. The first kappa shape index (κ1) is 20.6. The summed E-state index contributed by atoms with van der Waals surface area (Å²) in [5, 5.41) is 0. The maximum Gasteiger partial charge on any atom is 0.285 e. The van der Waals surface area contributed by atoms with Gasteiger partial charge in [0.15, 0.2) is 5.84 Å². The van der Waals surface area contributed by atoms with E-state index in [2.05, 4.69) is 42.5 Å². The van der Waals surface area contributed by atoms with Gasteiger partial charge in [-0.2, -0.15) is 8.42 Å². The van der Waals surface area contributed by atoms with E-state index >= 15 is 0 Å². The standard InChI is InChI=1S/C23H27N3O3S/c1-16(2)18-10-8-17(9-11-18)14-26(19-12-13-19)22(27)15-25(3)23-20-6-4-5-7-21(20)30(28,29)24-23/h4-11,16,19H,12-15H2,1-3H3. The fraction of sp³-hybridized carbons (Fsp3) is 0.391. The monoisotopic (exact) mass is 425 g/mol. The molecule has 2 aromatic rings. The van der Waals surface area contributed by atoms with Crippen LogP contribution in [0.15, 0.2) is 57.8 Å². The zero-order valence-corrected chi connectivity index (χ0v) is 18.4. The highest BCUT2D eigenvalue weighted by Gasteiger charge is 2.35. The Morgan fingerprint density at radius 3 is 2.40 bits per heavy atom. The van der Waals surface area contributed by atoms with Gasteiger partial charge in [-0.3, -0.25) is 4.79 Å². The number of hydrogen-bond donors (Lipinski definition) is 0. The maximum absolute atomic E-state index is 13.1. The van der Waals surface area contributed by atoms with Crippen LogP contribution in [-0.2, 0) is 21.4 Å². The predicted molar refractivity (Wildman–Crippen MR) is 117 cm³/mol. The molecule has 0 spiro atoms. The van der Waals surface area contributed by atoms with Gasteiger partial charge in [-0.1, -0.05) is 50.2 Å². The number of carbonyl (C=O) groups is 1. The summed E-state index contributed by atoms with van der Waals surface area (Å²) in [5.41, 5.74) is 2.94. The van der Waals surface area contributed by atoms with Crippen LogP contribution in [0, 0.1) is 0 Å². The van der Waals surface area contributed by atoms with E-state index in [0.29, 0.717) is 23.9 Å². The molecule has 2 aliphatic rings. The van der Waals surface area contributed by atoms with Gasteiger partial charge in [-0.25, -0.2) is 0 Å². The van der Waals surface area contributed by atoms with Crippen LogP contribution in [0.1, 0.15) is 49.3 Å². The second-order valence-electron chi connectivity index (χ2n) is 8.39. The molecule has 0 unspecified atom stereocenters. The first-order chi connectivity index (χ1) is 14.3. The van der Waals surface area contributed by atoms with E-state index in [4.69, 9.17) is 0 Å². The molecule has 7 heteroatoms. The molecule has 0 radical (unpaired) electrons. The van der Waals surface area contributed by atoms with Crippen LogP contribution < -0.4 is 0 Å². The zero-order chi connectivity index (χ0) is 21.5. The van der Waals surface area contributed by atoms with Gasteiger partial charge < -0.3 is 9.80 Å². The second-order valence-corrected chi connectivity index (χ2v) is 9.96. The van der Waals surface area contributed by atoms with Gasteiger partial charge in [-0.05, 0) is 42.0 Å². The molecule has 0 saturated heterocycles. The van der Waals surface area contributed by atoms with Crippen LogP contribution in [0.25, 0.3) is 0 Å². The van der Waals surface area contributed by atoms with Crippen LogP contribution in [-0.4, -0.2) is 49.6 Å². The molecule has 6 nitrogen and oxygen atoms in total. The van der Waals surface area contributed by atoms with Gasteiger partial charge in [0.05, 0.1) is 6.54 Å². The van der Waals surface area contributed by atoms with E-state index in [1.54, 1.807) is 36.2 Å². The minimum atomic E-state index is -3.70. The van der Waals surface area contributed by atoms with E-state index in [0.717, 1.165) is 18.4 Å². The number of likely N-dealkylation sites (N-methyl/N-ethyl adjacent to an activating group) is 1. The number of carbonyl (C=O) groups excluding carboxylic acids is 1. The fourth-order valence-corrected chi connectivity index (χ4v) is 5.00. The molecule has 30 heavy (non-hydrogen) atoms. The number of amides is 1. The topological polar surface area (TPSA) is 70.1 Å². The third-order valence-corrected chi connectivity index (χ3v) is 6.98. The summed E-state index contributed by atoms with van der Waals surface area (Å²) in [6, 6.07) is 15.4. The molecule has 2 aromatic carbocycles. The molecule has 158 valence electrons. The van der Waals surface area contributed by atoms with Crippen molar-refractivity contribution in [3.63, 3.8) is 0 Å². The summed E-state index contributed by atoms with van der Waals surface area (Å²) in [6.45, 7) is 4.98. The molecule has 4 rings (SSSR count). The van der Waals surface area contributed by atoms with Crippen molar-refractivity contribution in [3.05, 3.63) is 65.2 Å². The van der Waals surface area contributed by atoms with Crippen molar-refractivity contribution < 1.29 is 13.2 Å². The molecule has 0 aromatic heterocycles. The quantitative estimate of drug-likeness (QED) is 0.711. The van der Waals surface area contributed by atoms with Crippen LogP contribution >= 0.6 is 0 Å². The first-order valence-electron chi connectivity index (χ1n) is 10.3. The summed E-state index contributed by atoms with van der Waals surface area (Å²) in [5.74, 6) is 0.786. The molecule has 1 fully saturated rings. The van der Waals surface area contributed by atoms with Crippen molar-refractivity contribution in [3.8, 4) is 0 Å². The lowest BCUT2D eigenvalue weighted by molar-refractivity contribution is -0.132. The van der Waals surface area contributed by atoms with Crippen LogP contribution in [0.4, 0.5) is 0 Å². The molecular weight excluding hydrogens is 398 g/mol. The largest absolute Gasteiger partial charge is 0.349 e. The Labute approximate surface area is 178 Å². The molecule has 1 heterocycles. The van der Waals surface area contributed by atoms with E-state index in [-0.39, 0.29) is 23.4 Å². The molecule has 1 aliphatic carbocycles. The third-order valence-electron chi connectivity index (χ3n) is 5.65. The smallest absolute Gasteiger partial charge is 0.285 e. The van der Waals surface area contributed by atoms with Gasteiger partial charge in [0.1, 0.15) is 4.90 Å². The van der Waals surface area contributed by atoms with Crippen molar-refractivity contribution in [1.82, 2.24) is 9.80 Å². The maximum atomic E-state index is 13.1. The Morgan fingerprint density at radius 2 is 1.77 bits per heavy atom. The van der Waals surface area contributed by atoms with Crippen LogP contribution in [0.3, 0.4) is 0 Å². The summed E-state index contributed by atoms with van der Waals surface area (Å²) in [6.07, 6.45) is 2.02.